The monoisotopic (exact) mass is 263 g/mol. The van der Waals surface area contributed by atoms with Crippen molar-refractivity contribution < 1.29 is 17.9 Å². The molecule has 0 unspecified atom stereocenters. The Morgan fingerprint density at radius 2 is 2.00 bits per heavy atom. The summed E-state index contributed by atoms with van der Waals surface area (Å²) < 4.78 is 40.8. The fourth-order valence-electron chi connectivity index (χ4n) is 1.66. The quantitative estimate of drug-likeness (QED) is 0.821. The topological polar surface area (TPSA) is 14.2 Å². The van der Waals surface area contributed by atoms with Crippen LogP contribution in [0, 0.1) is 0 Å². The molecule has 0 fully saturated rings. The van der Waals surface area contributed by atoms with E-state index >= 15 is 0 Å². The van der Waals surface area contributed by atoms with E-state index in [1.807, 2.05) is 6.07 Å². The van der Waals surface area contributed by atoms with E-state index in [9.17, 15) is 13.2 Å². The maximum atomic E-state index is 11.8. The second-order valence-electron chi connectivity index (χ2n) is 3.48. The molecule has 0 aliphatic carbocycles. The second kappa shape index (κ2) is 4.58. The Morgan fingerprint density at radius 3 is 2.71 bits per heavy atom. The van der Waals surface area contributed by atoms with Crippen LogP contribution in [0.15, 0.2) is 30.5 Å². The summed E-state index contributed by atoms with van der Waals surface area (Å²) in [7, 11) is 0. The molecule has 0 saturated heterocycles. The molecule has 0 aliphatic heterocycles. The summed E-state index contributed by atoms with van der Waals surface area (Å²) in [4.78, 5) is 0. The third-order valence-corrected chi connectivity index (χ3v) is 2.64. The number of aromatic nitrogens is 1. The number of halogens is 4. The molecule has 0 radical (unpaired) electrons. The largest absolute Gasteiger partial charge is 0.522 e. The summed E-state index contributed by atoms with van der Waals surface area (Å²) >= 11 is 5.99. The molecule has 0 bridgehead atoms. The Morgan fingerprint density at radius 1 is 1.24 bits per heavy atom. The lowest BCUT2D eigenvalue weighted by Crippen LogP contribution is -2.17. The third kappa shape index (κ3) is 2.92. The fraction of sp³-hybridized carbons (Fsp3) is 0.273. The summed E-state index contributed by atoms with van der Waals surface area (Å²) in [5.41, 5.74) is 0.722. The lowest BCUT2D eigenvalue weighted by atomic mass is 10.2. The molecule has 0 atom stereocenters. The first-order chi connectivity index (χ1) is 7.97. The van der Waals surface area contributed by atoms with Crippen LogP contribution < -0.4 is 0 Å². The zero-order valence-electron chi connectivity index (χ0n) is 8.67. The molecule has 2 aromatic rings. The number of benzene rings is 1. The van der Waals surface area contributed by atoms with E-state index in [0.29, 0.717) is 5.02 Å². The Hall–Kier alpha value is -1.20. The number of para-hydroxylation sites is 1. The van der Waals surface area contributed by atoms with Crippen LogP contribution in [-0.4, -0.2) is 17.5 Å². The van der Waals surface area contributed by atoms with Gasteiger partial charge in [-0.15, -0.1) is 13.2 Å². The maximum Gasteiger partial charge on any atom is 0.522 e. The summed E-state index contributed by atoms with van der Waals surface area (Å²) in [6, 6.07) is 7.14. The first-order valence-corrected chi connectivity index (χ1v) is 5.29. The number of rotatable bonds is 3. The Labute approximate surface area is 101 Å². The molecular formula is C11H9ClF3NO. The number of fused-ring (bicyclic) bond motifs is 1. The van der Waals surface area contributed by atoms with Crippen molar-refractivity contribution in [3.05, 3.63) is 35.5 Å². The van der Waals surface area contributed by atoms with Crippen LogP contribution in [-0.2, 0) is 11.3 Å². The van der Waals surface area contributed by atoms with Gasteiger partial charge in [0.05, 0.1) is 17.1 Å². The SMILES string of the molecule is FC(F)(F)OCCn1ccc2cccc(Cl)c21. The highest BCUT2D eigenvalue weighted by molar-refractivity contribution is 6.35. The molecule has 0 spiro atoms. The van der Waals surface area contributed by atoms with Crippen LogP contribution in [0.2, 0.25) is 5.02 Å². The third-order valence-electron chi connectivity index (χ3n) is 2.34. The zero-order chi connectivity index (χ0) is 12.5. The van der Waals surface area contributed by atoms with E-state index in [1.54, 1.807) is 29.0 Å². The molecule has 17 heavy (non-hydrogen) atoms. The van der Waals surface area contributed by atoms with E-state index in [0.717, 1.165) is 10.9 Å². The Balaban J connectivity index is 2.14. The van der Waals surface area contributed by atoms with E-state index < -0.39 is 13.0 Å². The molecule has 0 saturated carbocycles. The predicted octanol–water partition coefficient (Wildman–Crippen LogP) is 3.83. The Kier molecular flexibility index (Phi) is 3.31. The number of nitrogens with zero attached hydrogens (tertiary/aromatic N) is 1. The molecule has 1 aromatic carbocycles. The Bertz CT molecular complexity index is 521. The van der Waals surface area contributed by atoms with E-state index in [2.05, 4.69) is 4.74 Å². The lowest BCUT2D eigenvalue weighted by molar-refractivity contribution is -0.325. The van der Waals surface area contributed by atoms with Gasteiger partial charge < -0.3 is 4.57 Å². The highest BCUT2D eigenvalue weighted by Crippen LogP contribution is 2.24. The van der Waals surface area contributed by atoms with Crippen molar-refractivity contribution >= 4 is 22.5 Å². The normalized spacial score (nSPS) is 12.2. The highest BCUT2D eigenvalue weighted by atomic mass is 35.5. The molecule has 6 heteroatoms. The summed E-state index contributed by atoms with van der Waals surface area (Å²) in [5.74, 6) is 0. The van der Waals surface area contributed by atoms with Crippen LogP contribution in [0.4, 0.5) is 13.2 Å². The number of alkyl halides is 3. The molecular weight excluding hydrogens is 255 g/mol. The summed E-state index contributed by atoms with van der Waals surface area (Å²) in [6.45, 7) is -0.328. The minimum atomic E-state index is -4.59. The minimum Gasteiger partial charge on any atom is -0.344 e. The van der Waals surface area contributed by atoms with Gasteiger partial charge in [0.2, 0.25) is 0 Å². The highest BCUT2D eigenvalue weighted by Gasteiger charge is 2.28. The molecule has 0 amide bonds. The standard InChI is InChI=1S/C11H9ClF3NO/c12-9-3-1-2-8-4-5-16(10(8)9)6-7-17-11(13,14)15/h1-5H,6-7H2. The molecule has 2 rings (SSSR count). The van der Waals surface area contributed by atoms with Gasteiger partial charge in [-0.25, -0.2) is 0 Å². The van der Waals surface area contributed by atoms with Gasteiger partial charge in [-0.2, -0.15) is 0 Å². The molecule has 2 nitrogen and oxygen atoms in total. The molecule has 1 aromatic heterocycles. The van der Waals surface area contributed by atoms with Crippen molar-refractivity contribution in [3.63, 3.8) is 0 Å². The first kappa shape index (κ1) is 12.3. The van der Waals surface area contributed by atoms with Crippen molar-refractivity contribution in [3.8, 4) is 0 Å². The second-order valence-corrected chi connectivity index (χ2v) is 3.89. The average molecular weight is 264 g/mol. The molecule has 92 valence electrons. The van der Waals surface area contributed by atoms with Gasteiger partial charge in [-0.1, -0.05) is 23.7 Å². The van der Waals surface area contributed by atoms with Crippen LogP contribution in [0.3, 0.4) is 0 Å². The zero-order valence-corrected chi connectivity index (χ0v) is 9.42. The van der Waals surface area contributed by atoms with Crippen LogP contribution in [0.1, 0.15) is 0 Å². The number of hydrogen-bond donors (Lipinski definition) is 0. The average Bonchev–Trinajstić information content (AvgIpc) is 2.61. The van der Waals surface area contributed by atoms with Crippen LogP contribution in [0.25, 0.3) is 10.9 Å². The predicted molar refractivity (Wildman–Crippen MR) is 59.0 cm³/mol. The van der Waals surface area contributed by atoms with Crippen molar-refractivity contribution in [2.75, 3.05) is 6.61 Å². The maximum absolute atomic E-state index is 11.8. The smallest absolute Gasteiger partial charge is 0.344 e. The van der Waals surface area contributed by atoms with Gasteiger partial charge in [-0.3, -0.25) is 4.74 Å². The van der Waals surface area contributed by atoms with E-state index in [-0.39, 0.29) is 6.54 Å². The van der Waals surface area contributed by atoms with Crippen LogP contribution in [0.5, 0.6) is 0 Å². The van der Waals surface area contributed by atoms with E-state index in [1.165, 1.54) is 0 Å². The fourth-order valence-corrected chi connectivity index (χ4v) is 1.95. The first-order valence-electron chi connectivity index (χ1n) is 4.91. The van der Waals surface area contributed by atoms with Gasteiger partial charge >= 0.3 is 6.36 Å². The van der Waals surface area contributed by atoms with Crippen molar-refractivity contribution in [1.82, 2.24) is 4.57 Å². The van der Waals surface area contributed by atoms with Gasteiger partial charge in [0.1, 0.15) is 0 Å². The van der Waals surface area contributed by atoms with Gasteiger partial charge in [0, 0.05) is 18.1 Å². The van der Waals surface area contributed by atoms with Gasteiger partial charge in [-0.05, 0) is 12.1 Å². The number of ether oxygens (including phenoxy) is 1. The van der Waals surface area contributed by atoms with Crippen LogP contribution >= 0.6 is 11.6 Å². The molecule has 1 heterocycles. The van der Waals surface area contributed by atoms with Gasteiger partial charge in [0.25, 0.3) is 0 Å². The van der Waals surface area contributed by atoms with Crippen molar-refractivity contribution in [2.45, 2.75) is 12.9 Å². The van der Waals surface area contributed by atoms with Gasteiger partial charge in [0.15, 0.2) is 0 Å². The summed E-state index contributed by atoms with van der Waals surface area (Å²) in [5, 5.41) is 1.41. The summed E-state index contributed by atoms with van der Waals surface area (Å²) in [6.07, 6.45) is -2.90. The molecule has 0 N–H and O–H groups in total. The molecule has 0 aliphatic rings. The lowest BCUT2D eigenvalue weighted by Gasteiger charge is -2.09. The minimum absolute atomic E-state index is 0.104. The van der Waals surface area contributed by atoms with Crippen molar-refractivity contribution in [2.24, 2.45) is 0 Å². The van der Waals surface area contributed by atoms with Crippen molar-refractivity contribution in [1.29, 1.82) is 0 Å². The number of hydrogen-bond acceptors (Lipinski definition) is 1. The van der Waals surface area contributed by atoms with E-state index in [4.69, 9.17) is 11.6 Å².